The molecule has 6 heteroatoms. The van der Waals surface area contributed by atoms with Crippen molar-refractivity contribution in [2.75, 3.05) is 14.2 Å². The Kier molecular flexibility index (Phi) is 6.68. The summed E-state index contributed by atoms with van der Waals surface area (Å²) in [6.07, 6.45) is 0. The Morgan fingerprint density at radius 1 is 0.828 bits per heavy atom. The highest BCUT2D eigenvalue weighted by Gasteiger charge is 2.10. The zero-order valence-corrected chi connectivity index (χ0v) is 16.3. The first-order valence-corrected chi connectivity index (χ1v) is 9.05. The molecular formula is C23H22FNO4. The van der Waals surface area contributed by atoms with Crippen molar-refractivity contribution in [1.29, 1.82) is 0 Å². The minimum atomic E-state index is -0.271. The van der Waals surface area contributed by atoms with E-state index in [0.717, 1.165) is 11.1 Å². The van der Waals surface area contributed by atoms with E-state index >= 15 is 0 Å². The smallest absolute Gasteiger partial charge is 0.251 e. The molecule has 29 heavy (non-hydrogen) atoms. The van der Waals surface area contributed by atoms with Crippen molar-refractivity contribution >= 4 is 5.91 Å². The van der Waals surface area contributed by atoms with Crippen LogP contribution in [0.5, 0.6) is 17.2 Å². The van der Waals surface area contributed by atoms with Crippen LogP contribution >= 0.6 is 0 Å². The van der Waals surface area contributed by atoms with Crippen LogP contribution in [0.3, 0.4) is 0 Å². The number of nitrogens with one attached hydrogen (secondary N) is 1. The van der Waals surface area contributed by atoms with Gasteiger partial charge in [-0.3, -0.25) is 4.79 Å². The highest BCUT2D eigenvalue weighted by atomic mass is 19.1. The summed E-state index contributed by atoms with van der Waals surface area (Å²) in [5.74, 6) is 1.31. The Bertz CT molecular complexity index is 933. The first kappa shape index (κ1) is 20.2. The molecule has 3 aromatic rings. The Balaban J connectivity index is 1.54. The molecule has 3 aromatic carbocycles. The Labute approximate surface area is 169 Å². The van der Waals surface area contributed by atoms with Crippen LogP contribution in [-0.4, -0.2) is 20.1 Å². The highest BCUT2D eigenvalue weighted by Crippen LogP contribution is 2.22. The van der Waals surface area contributed by atoms with Crippen molar-refractivity contribution in [1.82, 2.24) is 5.32 Å². The van der Waals surface area contributed by atoms with Crippen molar-refractivity contribution < 1.29 is 23.4 Å². The number of carbonyl (C=O) groups excluding carboxylic acids is 1. The zero-order valence-electron chi connectivity index (χ0n) is 16.3. The van der Waals surface area contributed by atoms with E-state index in [4.69, 9.17) is 14.2 Å². The summed E-state index contributed by atoms with van der Waals surface area (Å²) < 4.78 is 29.0. The molecule has 0 fully saturated rings. The molecule has 0 atom stereocenters. The number of hydrogen-bond acceptors (Lipinski definition) is 4. The predicted octanol–water partition coefficient (Wildman–Crippen LogP) is 4.35. The lowest BCUT2D eigenvalue weighted by Gasteiger charge is -2.10. The minimum Gasteiger partial charge on any atom is -0.497 e. The van der Waals surface area contributed by atoms with E-state index in [1.807, 2.05) is 24.3 Å². The molecule has 0 heterocycles. The molecule has 0 saturated carbocycles. The number of benzene rings is 3. The van der Waals surface area contributed by atoms with Gasteiger partial charge in [0.15, 0.2) is 0 Å². The van der Waals surface area contributed by atoms with Crippen molar-refractivity contribution in [3.63, 3.8) is 0 Å². The van der Waals surface area contributed by atoms with E-state index in [-0.39, 0.29) is 11.7 Å². The van der Waals surface area contributed by atoms with Gasteiger partial charge in [-0.2, -0.15) is 0 Å². The van der Waals surface area contributed by atoms with E-state index in [0.29, 0.717) is 36.0 Å². The number of amides is 1. The Hall–Kier alpha value is -3.54. The second-order valence-electron chi connectivity index (χ2n) is 6.34. The van der Waals surface area contributed by atoms with Gasteiger partial charge >= 0.3 is 0 Å². The molecule has 3 rings (SSSR count). The summed E-state index contributed by atoms with van der Waals surface area (Å²) in [6.45, 7) is 0.727. The standard InChI is InChI=1S/C23H22FNO4/c1-27-21-11-18(12-22(13-21)28-2)23(26)25-14-16-5-9-20(10-6-16)29-15-17-3-7-19(24)8-4-17/h3-13H,14-15H2,1-2H3,(H,25,26). The van der Waals surface area contributed by atoms with Crippen LogP contribution in [0.2, 0.25) is 0 Å². The topological polar surface area (TPSA) is 56.8 Å². The lowest BCUT2D eigenvalue weighted by Crippen LogP contribution is -2.22. The highest BCUT2D eigenvalue weighted by molar-refractivity contribution is 5.95. The fourth-order valence-electron chi connectivity index (χ4n) is 2.67. The molecular weight excluding hydrogens is 373 g/mol. The second-order valence-corrected chi connectivity index (χ2v) is 6.34. The maximum atomic E-state index is 12.9. The second kappa shape index (κ2) is 9.59. The summed E-state index contributed by atoms with van der Waals surface area (Å²) in [5, 5.41) is 2.87. The van der Waals surface area contributed by atoms with E-state index in [9.17, 15) is 9.18 Å². The minimum absolute atomic E-state index is 0.223. The zero-order chi connectivity index (χ0) is 20.6. The van der Waals surface area contributed by atoms with Crippen LogP contribution in [-0.2, 0) is 13.2 Å². The molecule has 0 aromatic heterocycles. The van der Waals surface area contributed by atoms with Gasteiger partial charge in [0.2, 0.25) is 0 Å². The third kappa shape index (κ3) is 5.72. The van der Waals surface area contributed by atoms with Crippen LogP contribution in [0.1, 0.15) is 21.5 Å². The lowest BCUT2D eigenvalue weighted by molar-refractivity contribution is 0.0950. The molecule has 5 nitrogen and oxygen atoms in total. The summed E-state index contributed by atoms with van der Waals surface area (Å²) in [7, 11) is 3.08. The third-order valence-corrected chi connectivity index (χ3v) is 4.31. The number of ether oxygens (including phenoxy) is 3. The van der Waals surface area contributed by atoms with Crippen LogP contribution in [0.25, 0.3) is 0 Å². The first-order chi connectivity index (χ1) is 14.1. The summed E-state index contributed by atoms with van der Waals surface area (Å²) in [5.41, 5.74) is 2.28. The van der Waals surface area contributed by atoms with Crippen LogP contribution < -0.4 is 19.5 Å². The van der Waals surface area contributed by atoms with Crippen molar-refractivity contribution in [2.45, 2.75) is 13.2 Å². The van der Waals surface area contributed by atoms with E-state index in [1.54, 1.807) is 30.3 Å². The molecule has 0 saturated heterocycles. The average molecular weight is 395 g/mol. The first-order valence-electron chi connectivity index (χ1n) is 9.05. The van der Waals surface area contributed by atoms with Gasteiger partial charge in [-0.25, -0.2) is 4.39 Å². The van der Waals surface area contributed by atoms with Gasteiger partial charge in [0, 0.05) is 18.2 Å². The maximum Gasteiger partial charge on any atom is 0.251 e. The van der Waals surface area contributed by atoms with Gasteiger partial charge in [0.05, 0.1) is 14.2 Å². The van der Waals surface area contributed by atoms with Crippen LogP contribution in [0, 0.1) is 5.82 Å². The largest absolute Gasteiger partial charge is 0.497 e. The molecule has 0 aliphatic heterocycles. The van der Waals surface area contributed by atoms with Crippen molar-refractivity contribution in [3.05, 3.63) is 89.2 Å². The number of rotatable bonds is 8. The normalized spacial score (nSPS) is 10.3. The van der Waals surface area contributed by atoms with E-state index in [1.165, 1.54) is 26.4 Å². The number of methoxy groups -OCH3 is 2. The van der Waals surface area contributed by atoms with Gasteiger partial charge in [-0.05, 0) is 47.5 Å². The molecule has 0 radical (unpaired) electrons. The molecule has 0 unspecified atom stereocenters. The van der Waals surface area contributed by atoms with Crippen molar-refractivity contribution in [2.24, 2.45) is 0 Å². The summed E-state index contributed by atoms with van der Waals surface area (Å²) in [6, 6.07) is 18.6. The van der Waals surface area contributed by atoms with Gasteiger partial charge in [-0.15, -0.1) is 0 Å². The van der Waals surface area contributed by atoms with E-state index in [2.05, 4.69) is 5.32 Å². The predicted molar refractivity (Wildman–Crippen MR) is 108 cm³/mol. The number of halogens is 1. The molecule has 150 valence electrons. The summed E-state index contributed by atoms with van der Waals surface area (Å²) in [4.78, 5) is 12.4. The number of carbonyl (C=O) groups is 1. The molecule has 0 aliphatic rings. The fourth-order valence-corrected chi connectivity index (χ4v) is 2.67. The molecule has 1 N–H and O–H groups in total. The SMILES string of the molecule is COc1cc(OC)cc(C(=O)NCc2ccc(OCc3ccc(F)cc3)cc2)c1. The third-order valence-electron chi connectivity index (χ3n) is 4.31. The van der Waals surface area contributed by atoms with Crippen LogP contribution in [0.4, 0.5) is 4.39 Å². The fraction of sp³-hybridized carbons (Fsp3) is 0.174. The van der Waals surface area contributed by atoms with Gasteiger partial charge in [0.25, 0.3) is 5.91 Å². The quantitative estimate of drug-likeness (QED) is 0.616. The maximum absolute atomic E-state index is 12.9. The van der Waals surface area contributed by atoms with Crippen molar-refractivity contribution in [3.8, 4) is 17.2 Å². The van der Waals surface area contributed by atoms with Crippen LogP contribution in [0.15, 0.2) is 66.7 Å². The van der Waals surface area contributed by atoms with Gasteiger partial charge in [-0.1, -0.05) is 24.3 Å². The van der Waals surface area contributed by atoms with E-state index < -0.39 is 0 Å². The number of hydrogen-bond donors (Lipinski definition) is 1. The molecule has 1 amide bonds. The van der Waals surface area contributed by atoms with Gasteiger partial charge < -0.3 is 19.5 Å². The molecule has 0 aliphatic carbocycles. The Morgan fingerprint density at radius 3 is 2.00 bits per heavy atom. The summed E-state index contributed by atoms with van der Waals surface area (Å²) >= 11 is 0. The Morgan fingerprint density at radius 2 is 1.41 bits per heavy atom. The monoisotopic (exact) mass is 395 g/mol. The van der Waals surface area contributed by atoms with Gasteiger partial charge in [0.1, 0.15) is 29.7 Å². The average Bonchev–Trinajstić information content (AvgIpc) is 2.77. The molecule has 0 spiro atoms. The molecule has 0 bridgehead atoms. The lowest BCUT2D eigenvalue weighted by atomic mass is 10.1.